The van der Waals surface area contributed by atoms with Gasteiger partial charge in [0.25, 0.3) is 0 Å². The van der Waals surface area contributed by atoms with Gasteiger partial charge in [-0.1, -0.05) is 30.0 Å². The molecule has 1 aromatic carbocycles. The first-order valence-corrected chi connectivity index (χ1v) is 5.65. The number of hydrogen-bond acceptors (Lipinski definition) is 2. The second kappa shape index (κ2) is 5.16. The van der Waals surface area contributed by atoms with Crippen molar-refractivity contribution in [2.24, 2.45) is 0 Å². The summed E-state index contributed by atoms with van der Waals surface area (Å²) in [4.78, 5) is 0. The van der Waals surface area contributed by atoms with Gasteiger partial charge in [0, 0.05) is 17.7 Å². The Kier molecular flexibility index (Phi) is 3.61. The highest BCUT2D eigenvalue weighted by molar-refractivity contribution is 5.33. The predicted molar refractivity (Wildman–Crippen MR) is 65.2 cm³/mol. The van der Waals surface area contributed by atoms with E-state index in [0.29, 0.717) is 0 Å². The molecule has 16 heavy (non-hydrogen) atoms. The summed E-state index contributed by atoms with van der Waals surface area (Å²) in [7, 11) is 0. The molecular weight excluding hydrogens is 198 g/mol. The molecule has 0 spiro atoms. The van der Waals surface area contributed by atoms with Crippen LogP contribution < -0.4 is 5.32 Å². The molecule has 2 heteroatoms. The van der Waals surface area contributed by atoms with E-state index in [1.165, 1.54) is 0 Å². The van der Waals surface area contributed by atoms with Crippen LogP contribution in [0, 0.1) is 11.8 Å². The van der Waals surface area contributed by atoms with Crippen molar-refractivity contribution < 1.29 is 4.74 Å². The van der Waals surface area contributed by atoms with Gasteiger partial charge in [-0.3, -0.25) is 5.32 Å². The monoisotopic (exact) mass is 215 g/mol. The second-order valence-electron chi connectivity index (χ2n) is 4.38. The van der Waals surface area contributed by atoms with E-state index in [2.05, 4.69) is 24.1 Å². The molecule has 0 radical (unpaired) electrons. The average molecular weight is 215 g/mol. The second-order valence-corrected chi connectivity index (χ2v) is 4.38. The van der Waals surface area contributed by atoms with Gasteiger partial charge in [-0.05, 0) is 25.5 Å². The molecule has 2 nitrogen and oxygen atoms in total. The molecule has 1 heterocycles. The standard InChI is InChI=1S/C14H17NO/c1-14(9-11-16-12-14)15-10-5-8-13-6-3-2-4-7-13/h2-4,6-7,15H,9-12H2,1H3. The SMILES string of the molecule is CC1(NCC#Cc2ccccc2)CCOC1. The first-order chi connectivity index (χ1) is 7.79. The van der Waals surface area contributed by atoms with Crippen molar-refractivity contribution >= 4 is 0 Å². The number of hydrogen-bond donors (Lipinski definition) is 1. The van der Waals surface area contributed by atoms with E-state index in [9.17, 15) is 0 Å². The Morgan fingerprint density at radius 2 is 2.19 bits per heavy atom. The molecule has 2 rings (SSSR count). The van der Waals surface area contributed by atoms with Gasteiger partial charge in [-0.2, -0.15) is 0 Å². The molecule has 0 saturated carbocycles. The van der Waals surface area contributed by atoms with Gasteiger partial charge in [0.05, 0.1) is 13.2 Å². The van der Waals surface area contributed by atoms with Gasteiger partial charge in [0.2, 0.25) is 0 Å². The first-order valence-electron chi connectivity index (χ1n) is 5.65. The molecule has 0 amide bonds. The zero-order chi connectivity index (χ0) is 11.3. The van der Waals surface area contributed by atoms with Gasteiger partial charge < -0.3 is 4.74 Å². The summed E-state index contributed by atoms with van der Waals surface area (Å²) < 4.78 is 5.36. The molecule has 1 unspecified atom stereocenters. The lowest BCUT2D eigenvalue weighted by Gasteiger charge is -2.21. The third-order valence-electron chi connectivity index (χ3n) is 2.83. The summed E-state index contributed by atoms with van der Waals surface area (Å²) >= 11 is 0. The summed E-state index contributed by atoms with van der Waals surface area (Å²) in [5.41, 5.74) is 1.18. The highest BCUT2D eigenvalue weighted by Gasteiger charge is 2.28. The Bertz CT molecular complexity index is 382. The maximum Gasteiger partial charge on any atom is 0.0646 e. The van der Waals surface area contributed by atoms with E-state index in [-0.39, 0.29) is 5.54 Å². The van der Waals surface area contributed by atoms with Gasteiger partial charge in [0.1, 0.15) is 0 Å². The molecule has 1 aliphatic heterocycles. The number of ether oxygens (including phenoxy) is 1. The lowest BCUT2D eigenvalue weighted by atomic mass is 10.0. The minimum absolute atomic E-state index is 0.116. The quantitative estimate of drug-likeness (QED) is 0.760. The molecular formula is C14H17NO. The highest BCUT2D eigenvalue weighted by Crippen LogP contribution is 2.16. The van der Waals surface area contributed by atoms with E-state index in [1.807, 2.05) is 30.3 Å². The summed E-state index contributed by atoms with van der Waals surface area (Å²) in [6.45, 7) is 4.55. The third kappa shape index (κ3) is 3.10. The molecule has 1 aromatic rings. The van der Waals surface area contributed by atoms with Crippen molar-refractivity contribution in [2.45, 2.75) is 18.9 Å². The highest BCUT2D eigenvalue weighted by atomic mass is 16.5. The van der Waals surface area contributed by atoms with E-state index in [0.717, 1.165) is 31.7 Å². The van der Waals surface area contributed by atoms with E-state index in [4.69, 9.17) is 4.74 Å². The van der Waals surface area contributed by atoms with Crippen LogP contribution in [0.4, 0.5) is 0 Å². The van der Waals surface area contributed by atoms with Gasteiger partial charge in [-0.25, -0.2) is 0 Å². The van der Waals surface area contributed by atoms with E-state index in [1.54, 1.807) is 0 Å². The summed E-state index contributed by atoms with van der Waals surface area (Å²) in [6.07, 6.45) is 1.07. The first kappa shape index (κ1) is 11.2. The molecule has 1 N–H and O–H groups in total. The molecule has 1 fully saturated rings. The maximum atomic E-state index is 5.36. The molecule has 84 valence electrons. The normalized spacial score (nSPS) is 23.8. The molecule has 1 aliphatic rings. The summed E-state index contributed by atoms with van der Waals surface area (Å²) in [5, 5.41) is 3.43. The smallest absolute Gasteiger partial charge is 0.0646 e. The fraction of sp³-hybridized carbons (Fsp3) is 0.429. The minimum Gasteiger partial charge on any atom is -0.379 e. The van der Waals surface area contributed by atoms with Crippen LogP contribution >= 0.6 is 0 Å². The van der Waals surface area contributed by atoms with E-state index >= 15 is 0 Å². The van der Waals surface area contributed by atoms with Crippen molar-refractivity contribution in [2.75, 3.05) is 19.8 Å². The van der Waals surface area contributed by atoms with Crippen LogP contribution in [0.2, 0.25) is 0 Å². The minimum atomic E-state index is 0.116. The van der Waals surface area contributed by atoms with Gasteiger partial charge in [-0.15, -0.1) is 0 Å². The van der Waals surface area contributed by atoms with Gasteiger partial charge in [0.15, 0.2) is 0 Å². The Morgan fingerprint density at radius 1 is 1.38 bits per heavy atom. The summed E-state index contributed by atoms with van der Waals surface area (Å²) in [5.74, 6) is 6.27. The molecule has 0 bridgehead atoms. The molecule has 0 aliphatic carbocycles. The molecule has 0 aromatic heterocycles. The maximum absolute atomic E-state index is 5.36. The number of rotatable bonds is 2. The van der Waals surface area contributed by atoms with Crippen LogP contribution in [0.15, 0.2) is 30.3 Å². The van der Waals surface area contributed by atoms with Crippen LogP contribution in [0.25, 0.3) is 0 Å². The lowest BCUT2D eigenvalue weighted by molar-refractivity contribution is 0.173. The van der Waals surface area contributed by atoms with Crippen molar-refractivity contribution in [3.8, 4) is 11.8 Å². The number of benzene rings is 1. The largest absolute Gasteiger partial charge is 0.379 e. The van der Waals surface area contributed by atoms with Crippen LogP contribution in [-0.4, -0.2) is 25.3 Å². The van der Waals surface area contributed by atoms with Crippen LogP contribution in [0.1, 0.15) is 18.9 Å². The van der Waals surface area contributed by atoms with Crippen LogP contribution in [0.5, 0.6) is 0 Å². The Labute approximate surface area is 97.0 Å². The number of nitrogens with one attached hydrogen (secondary N) is 1. The average Bonchev–Trinajstić information content (AvgIpc) is 2.74. The van der Waals surface area contributed by atoms with Gasteiger partial charge >= 0.3 is 0 Å². The van der Waals surface area contributed by atoms with Crippen molar-refractivity contribution in [1.29, 1.82) is 0 Å². The van der Waals surface area contributed by atoms with Crippen LogP contribution in [0.3, 0.4) is 0 Å². The fourth-order valence-corrected chi connectivity index (χ4v) is 1.73. The zero-order valence-electron chi connectivity index (χ0n) is 9.62. The Balaban J connectivity index is 1.82. The van der Waals surface area contributed by atoms with Crippen LogP contribution in [-0.2, 0) is 4.74 Å². The third-order valence-corrected chi connectivity index (χ3v) is 2.83. The van der Waals surface area contributed by atoms with Crippen molar-refractivity contribution in [1.82, 2.24) is 5.32 Å². The fourth-order valence-electron chi connectivity index (χ4n) is 1.73. The Morgan fingerprint density at radius 3 is 2.88 bits per heavy atom. The predicted octanol–water partition coefficient (Wildman–Crippen LogP) is 1.81. The molecule has 1 atom stereocenters. The van der Waals surface area contributed by atoms with Crippen molar-refractivity contribution in [3.05, 3.63) is 35.9 Å². The van der Waals surface area contributed by atoms with Crippen molar-refractivity contribution in [3.63, 3.8) is 0 Å². The zero-order valence-corrected chi connectivity index (χ0v) is 9.62. The Hall–Kier alpha value is -1.30. The topological polar surface area (TPSA) is 21.3 Å². The lowest BCUT2D eigenvalue weighted by Crippen LogP contribution is -2.42. The molecule has 1 saturated heterocycles. The van der Waals surface area contributed by atoms with E-state index < -0.39 is 0 Å². The summed E-state index contributed by atoms with van der Waals surface area (Å²) in [6, 6.07) is 10.0.